The van der Waals surface area contributed by atoms with Crippen molar-refractivity contribution in [3.05, 3.63) is 23.8 Å². The summed E-state index contributed by atoms with van der Waals surface area (Å²) in [7, 11) is 0. The van der Waals surface area contributed by atoms with Gasteiger partial charge in [-0.15, -0.1) is 0 Å². The van der Waals surface area contributed by atoms with Gasteiger partial charge in [0.15, 0.2) is 11.6 Å². The molecule has 0 bridgehead atoms. The highest BCUT2D eigenvalue weighted by Crippen LogP contribution is 2.22. The van der Waals surface area contributed by atoms with Crippen molar-refractivity contribution in [1.29, 1.82) is 0 Å². The number of allylic oxidation sites excluding steroid dienone is 4. The molecular weight excluding hydrogens is 200 g/mol. The van der Waals surface area contributed by atoms with Crippen LogP contribution in [0.1, 0.15) is 40.0 Å². The molecule has 0 aromatic heterocycles. The first-order valence-electron chi connectivity index (χ1n) is 5.98. The Bertz CT molecular complexity index is 335. The molecule has 0 aliphatic heterocycles. The van der Waals surface area contributed by atoms with Gasteiger partial charge in [0, 0.05) is 5.57 Å². The quantitative estimate of drug-likeness (QED) is 0.667. The van der Waals surface area contributed by atoms with E-state index in [1.54, 1.807) is 0 Å². The Labute approximate surface area is 97.4 Å². The Morgan fingerprint density at radius 3 is 2.38 bits per heavy atom. The Hall–Kier alpha value is -1.18. The van der Waals surface area contributed by atoms with E-state index < -0.39 is 0 Å². The summed E-state index contributed by atoms with van der Waals surface area (Å²) in [6, 6.07) is 0. The first-order chi connectivity index (χ1) is 7.50. The average Bonchev–Trinajstić information content (AvgIpc) is 2.21. The smallest absolute Gasteiger partial charge is 0.182 e. The minimum atomic E-state index is -0.0645. The van der Waals surface area contributed by atoms with E-state index in [2.05, 4.69) is 13.8 Å². The lowest BCUT2D eigenvalue weighted by Crippen LogP contribution is -2.14. The molecule has 88 valence electrons. The normalized spacial score (nSPS) is 17.9. The van der Waals surface area contributed by atoms with Crippen molar-refractivity contribution in [3.63, 3.8) is 0 Å². The Kier molecular flexibility index (Phi) is 4.66. The first-order valence-corrected chi connectivity index (χ1v) is 5.98. The molecular formula is C14H20O2. The van der Waals surface area contributed by atoms with Gasteiger partial charge in [-0.2, -0.15) is 0 Å². The van der Waals surface area contributed by atoms with Crippen LogP contribution in [0.5, 0.6) is 0 Å². The fourth-order valence-corrected chi connectivity index (χ4v) is 1.90. The summed E-state index contributed by atoms with van der Waals surface area (Å²) in [6.07, 6.45) is 7.49. The highest BCUT2D eigenvalue weighted by molar-refractivity contribution is 6.17. The van der Waals surface area contributed by atoms with Crippen molar-refractivity contribution in [2.24, 2.45) is 11.8 Å². The molecule has 2 nitrogen and oxygen atoms in total. The van der Waals surface area contributed by atoms with Crippen LogP contribution >= 0.6 is 0 Å². The zero-order chi connectivity index (χ0) is 12.1. The number of ketones is 2. The minimum Gasteiger partial charge on any atom is -0.290 e. The van der Waals surface area contributed by atoms with Gasteiger partial charge in [0.1, 0.15) is 0 Å². The van der Waals surface area contributed by atoms with Gasteiger partial charge in [0.25, 0.3) is 0 Å². The van der Waals surface area contributed by atoms with E-state index >= 15 is 0 Å². The van der Waals surface area contributed by atoms with Gasteiger partial charge in [0.05, 0.1) is 0 Å². The van der Waals surface area contributed by atoms with Crippen LogP contribution in [0.4, 0.5) is 0 Å². The molecule has 2 heteroatoms. The molecule has 1 unspecified atom stereocenters. The predicted molar refractivity (Wildman–Crippen MR) is 65.1 cm³/mol. The number of carbonyl (C=O) groups is 2. The second-order valence-electron chi connectivity index (χ2n) is 4.93. The van der Waals surface area contributed by atoms with E-state index in [4.69, 9.17) is 0 Å². The lowest BCUT2D eigenvalue weighted by atomic mass is 9.88. The second-order valence-corrected chi connectivity index (χ2v) is 4.93. The predicted octanol–water partition coefficient (Wildman–Crippen LogP) is 3.08. The van der Waals surface area contributed by atoms with E-state index in [-0.39, 0.29) is 17.5 Å². The van der Waals surface area contributed by atoms with Crippen LogP contribution in [-0.4, -0.2) is 11.6 Å². The molecule has 0 spiro atoms. The van der Waals surface area contributed by atoms with Crippen molar-refractivity contribution >= 4 is 11.6 Å². The molecule has 16 heavy (non-hydrogen) atoms. The fourth-order valence-electron chi connectivity index (χ4n) is 1.90. The Balaban J connectivity index is 2.50. The van der Waals surface area contributed by atoms with Crippen LogP contribution in [-0.2, 0) is 9.59 Å². The van der Waals surface area contributed by atoms with Crippen molar-refractivity contribution in [2.75, 3.05) is 0 Å². The van der Waals surface area contributed by atoms with E-state index in [0.717, 1.165) is 12.8 Å². The van der Waals surface area contributed by atoms with Crippen LogP contribution in [0.25, 0.3) is 0 Å². The molecule has 0 aromatic carbocycles. The maximum absolute atomic E-state index is 11.6. The van der Waals surface area contributed by atoms with Gasteiger partial charge >= 0.3 is 0 Å². The average molecular weight is 220 g/mol. The first kappa shape index (κ1) is 12.9. The molecule has 0 aromatic rings. The summed E-state index contributed by atoms with van der Waals surface area (Å²) in [5.41, 5.74) is 0.677. The van der Waals surface area contributed by atoms with Crippen molar-refractivity contribution < 1.29 is 9.59 Å². The van der Waals surface area contributed by atoms with Gasteiger partial charge in [0.2, 0.25) is 0 Å². The molecule has 0 saturated carbocycles. The van der Waals surface area contributed by atoms with Gasteiger partial charge < -0.3 is 0 Å². The number of hydrogen-bond acceptors (Lipinski definition) is 2. The summed E-state index contributed by atoms with van der Waals surface area (Å²) in [4.78, 5) is 22.8. The van der Waals surface area contributed by atoms with Crippen LogP contribution in [0, 0.1) is 11.8 Å². The Morgan fingerprint density at radius 1 is 1.06 bits per heavy atom. The topological polar surface area (TPSA) is 34.1 Å². The third-order valence-corrected chi connectivity index (χ3v) is 2.93. The van der Waals surface area contributed by atoms with Gasteiger partial charge in [-0.05, 0) is 36.5 Å². The lowest BCUT2D eigenvalue weighted by molar-refractivity contribution is -0.114. The third kappa shape index (κ3) is 3.76. The monoisotopic (exact) mass is 220 g/mol. The summed E-state index contributed by atoms with van der Waals surface area (Å²) < 4.78 is 0. The molecule has 1 aliphatic rings. The highest BCUT2D eigenvalue weighted by Gasteiger charge is 2.18. The van der Waals surface area contributed by atoms with Crippen LogP contribution in [0.3, 0.4) is 0 Å². The zero-order valence-electron chi connectivity index (χ0n) is 10.3. The SMILES string of the molecule is CC(C)CCCC(C)C1=CC(=O)C=CC1=O. The fraction of sp³-hybridized carbons (Fsp3) is 0.571. The summed E-state index contributed by atoms with van der Waals surface area (Å²) in [5, 5.41) is 0. The molecule has 0 saturated heterocycles. The van der Waals surface area contributed by atoms with Crippen molar-refractivity contribution in [1.82, 2.24) is 0 Å². The highest BCUT2D eigenvalue weighted by atomic mass is 16.1. The molecule has 1 rings (SSSR count). The van der Waals surface area contributed by atoms with Gasteiger partial charge in [-0.1, -0.05) is 33.6 Å². The third-order valence-electron chi connectivity index (χ3n) is 2.93. The number of rotatable bonds is 5. The largest absolute Gasteiger partial charge is 0.290 e. The van der Waals surface area contributed by atoms with E-state index in [9.17, 15) is 9.59 Å². The summed E-state index contributed by atoms with van der Waals surface area (Å²) in [5.74, 6) is 0.826. The molecule has 1 atom stereocenters. The number of carbonyl (C=O) groups excluding carboxylic acids is 2. The van der Waals surface area contributed by atoms with Crippen LogP contribution in [0.2, 0.25) is 0 Å². The molecule has 1 aliphatic carbocycles. The lowest BCUT2D eigenvalue weighted by Gasteiger charge is -2.15. The Morgan fingerprint density at radius 2 is 1.75 bits per heavy atom. The standard InChI is InChI=1S/C14H20O2/c1-10(2)5-4-6-11(3)13-9-12(15)7-8-14(13)16/h7-11H,4-6H2,1-3H3. The summed E-state index contributed by atoms with van der Waals surface area (Å²) >= 11 is 0. The van der Waals surface area contributed by atoms with E-state index in [0.29, 0.717) is 11.5 Å². The minimum absolute atomic E-state index is 0.00310. The van der Waals surface area contributed by atoms with Gasteiger partial charge in [-0.25, -0.2) is 0 Å². The van der Waals surface area contributed by atoms with Crippen LogP contribution < -0.4 is 0 Å². The zero-order valence-corrected chi connectivity index (χ0v) is 10.3. The maximum Gasteiger partial charge on any atom is 0.182 e. The molecule has 0 radical (unpaired) electrons. The van der Waals surface area contributed by atoms with Crippen molar-refractivity contribution in [2.45, 2.75) is 40.0 Å². The van der Waals surface area contributed by atoms with Crippen LogP contribution in [0.15, 0.2) is 23.8 Å². The van der Waals surface area contributed by atoms with Crippen molar-refractivity contribution in [3.8, 4) is 0 Å². The molecule has 0 heterocycles. The molecule has 0 amide bonds. The molecule has 0 N–H and O–H groups in total. The van der Waals surface area contributed by atoms with E-state index in [1.165, 1.54) is 24.6 Å². The van der Waals surface area contributed by atoms with E-state index in [1.807, 2.05) is 6.92 Å². The number of hydrogen-bond donors (Lipinski definition) is 0. The molecule has 0 fully saturated rings. The van der Waals surface area contributed by atoms with Gasteiger partial charge in [-0.3, -0.25) is 9.59 Å². The second kappa shape index (κ2) is 5.78. The summed E-state index contributed by atoms with van der Waals surface area (Å²) in [6.45, 7) is 6.42. The maximum atomic E-state index is 11.6.